The van der Waals surface area contributed by atoms with Crippen LogP contribution in [0.3, 0.4) is 0 Å². The molecule has 3 aromatic rings. The van der Waals surface area contributed by atoms with E-state index in [-0.39, 0.29) is 11.7 Å². The first kappa shape index (κ1) is 17.2. The van der Waals surface area contributed by atoms with Gasteiger partial charge in [0.05, 0.1) is 24.0 Å². The van der Waals surface area contributed by atoms with Gasteiger partial charge in [-0.3, -0.25) is 4.79 Å². The number of ether oxygens (including phenoxy) is 1. The van der Waals surface area contributed by atoms with Crippen LogP contribution in [0.2, 0.25) is 5.02 Å². The van der Waals surface area contributed by atoms with Crippen LogP contribution >= 0.6 is 11.6 Å². The highest BCUT2D eigenvalue weighted by Gasteiger charge is 2.22. The van der Waals surface area contributed by atoms with Crippen LogP contribution < -0.4 is 5.32 Å². The van der Waals surface area contributed by atoms with Crippen molar-refractivity contribution < 1.29 is 13.9 Å². The monoisotopic (exact) mass is 384 g/mol. The third kappa shape index (κ3) is 3.54. The molecule has 27 heavy (non-hydrogen) atoms. The number of halogens is 2. The molecule has 8 heteroatoms. The molecule has 0 spiro atoms. The third-order valence-electron chi connectivity index (χ3n) is 3.99. The maximum absolute atomic E-state index is 13.3. The van der Waals surface area contributed by atoms with Gasteiger partial charge in [-0.1, -0.05) is 11.6 Å². The summed E-state index contributed by atoms with van der Waals surface area (Å²) in [5.41, 5.74) is 1.58. The first-order chi connectivity index (χ1) is 13.1. The number of carbonyl (C=O) groups excluding carboxylic acids is 1. The molecule has 2 aromatic carbocycles. The molecule has 0 atom stereocenters. The summed E-state index contributed by atoms with van der Waals surface area (Å²) in [4.78, 5) is 17.0. The third-order valence-corrected chi connectivity index (χ3v) is 4.25. The van der Waals surface area contributed by atoms with Crippen molar-refractivity contribution >= 4 is 29.2 Å². The van der Waals surface area contributed by atoms with Gasteiger partial charge in [0.2, 0.25) is 5.90 Å². The van der Waals surface area contributed by atoms with Crippen LogP contribution in [0.1, 0.15) is 15.9 Å². The summed E-state index contributed by atoms with van der Waals surface area (Å²) in [6, 6.07) is 12.3. The highest BCUT2D eigenvalue weighted by atomic mass is 35.5. The molecule has 0 fully saturated rings. The van der Waals surface area contributed by atoms with E-state index < -0.39 is 0 Å². The van der Waals surface area contributed by atoms with E-state index in [0.29, 0.717) is 46.7 Å². The fourth-order valence-electron chi connectivity index (χ4n) is 2.68. The van der Waals surface area contributed by atoms with Crippen molar-refractivity contribution in [1.29, 1.82) is 0 Å². The molecule has 136 valence electrons. The van der Waals surface area contributed by atoms with Gasteiger partial charge >= 0.3 is 0 Å². The lowest BCUT2D eigenvalue weighted by Gasteiger charge is -2.11. The Bertz CT molecular complexity index is 1010. The van der Waals surface area contributed by atoms with Gasteiger partial charge in [0.1, 0.15) is 18.2 Å². The minimum Gasteiger partial charge on any atom is -0.475 e. The van der Waals surface area contributed by atoms with Crippen LogP contribution in [0.15, 0.2) is 59.7 Å². The van der Waals surface area contributed by atoms with Gasteiger partial charge in [0.25, 0.3) is 5.91 Å². The molecule has 1 aromatic heterocycles. The van der Waals surface area contributed by atoms with Crippen molar-refractivity contribution in [3.05, 3.63) is 76.7 Å². The summed E-state index contributed by atoms with van der Waals surface area (Å²) in [6.07, 6.45) is 1.56. The molecule has 0 unspecified atom stereocenters. The van der Waals surface area contributed by atoms with E-state index in [4.69, 9.17) is 16.3 Å². The maximum atomic E-state index is 13.3. The zero-order valence-electron chi connectivity index (χ0n) is 14.0. The summed E-state index contributed by atoms with van der Waals surface area (Å²) in [7, 11) is 0. The number of nitrogens with one attached hydrogen (secondary N) is 1. The fraction of sp³-hybridized carbons (Fsp3) is 0.105. The molecule has 0 bridgehead atoms. The zero-order valence-corrected chi connectivity index (χ0v) is 14.8. The summed E-state index contributed by atoms with van der Waals surface area (Å²) in [5.74, 6) is 0.105. The van der Waals surface area contributed by atoms with Gasteiger partial charge < -0.3 is 10.1 Å². The van der Waals surface area contributed by atoms with Crippen LogP contribution in [-0.4, -0.2) is 34.7 Å². The molecule has 1 amide bonds. The molecule has 6 nitrogen and oxygen atoms in total. The Labute approximate surface area is 159 Å². The number of rotatable bonds is 4. The standard InChI is InChI=1S/C19H14ClFN4O2/c20-13-3-1-12(2-4-13)18(26)24-17-16(19-22-9-10-27-19)11-23-25(17)15-7-5-14(21)6-8-15/h1-8,11H,9-10H2,(H,24,26). The Kier molecular flexibility index (Phi) is 4.60. The Hall–Kier alpha value is -3.19. The minimum atomic E-state index is -0.360. The molecular formula is C19H14ClFN4O2. The lowest BCUT2D eigenvalue weighted by molar-refractivity contribution is 0.102. The van der Waals surface area contributed by atoms with Crippen LogP contribution in [-0.2, 0) is 4.74 Å². The number of aliphatic imine (C=N–C) groups is 1. The average Bonchev–Trinajstić information content (AvgIpc) is 3.33. The molecule has 2 heterocycles. The van der Waals surface area contributed by atoms with Gasteiger partial charge in [-0.05, 0) is 48.5 Å². The van der Waals surface area contributed by atoms with Gasteiger partial charge in [-0.2, -0.15) is 5.10 Å². The van der Waals surface area contributed by atoms with E-state index >= 15 is 0 Å². The average molecular weight is 385 g/mol. The molecule has 0 radical (unpaired) electrons. The first-order valence-electron chi connectivity index (χ1n) is 8.20. The molecule has 1 N–H and O–H groups in total. The molecular weight excluding hydrogens is 371 g/mol. The lowest BCUT2D eigenvalue weighted by Crippen LogP contribution is -2.17. The number of nitrogens with zero attached hydrogens (tertiary/aromatic N) is 3. The van der Waals surface area contributed by atoms with Crippen LogP contribution in [0.25, 0.3) is 5.69 Å². The summed E-state index contributed by atoms with van der Waals surface area (Å²) < 4.78 is 20.3. The number of anilines is 1. The summed E-state index contributed by atoms with van der Waals surface area (Å²) in [5, 5.41) is 7.71. The van der Waals surface area contributed by atoms with Crippen molar-refractivity contribution in [1.82, 2.24) is 9.78 Å². The Morgan fingerprint density at radius 3 is 2.56 bits per heavy atom. The minimum absolute atomic E-state index is 0.338. The van der Waals surface area contributed by atoms with Crippen LogP contribution in [0.4, 0.5) is 10.2 Å². The van der Waals surface area contributed by atoms with Crippen LogP contribution in [0.5, 0.6) is 0 Å². The largest absolute Gasteiger partial charge is 0.475 e. The van der Waals surface area contributed by atoms with Gasteiger partial charge in [-0.25, -0.2) is 14.1 Å². The van der Waals surface area contributed by atoms with E-state index in [1.807, 2.05) is 0 Å². The molecule has 0 saturated carbocycles. The molecule has 0 saturated heterocycles. The van der Waals surface area contributed by atoms with Gasteiger partial charge in [0, 0.05) is 10.6 Å². The highest BCUT2D eigenvalue weighted by molar-refractivity contribution is 6.30. The number of benzene rings is 2. The second-order valence-corrected chi connectivity index (χ2v) is 6.23. The van der Waals surface area contributed by atoms with Crippen molar-refractivity contribution in [3.63, 3.8) is 0 Å². The predicted octanol–water partition coefficient (Wildman–Crippen LogP) is 3.69. The van der Waals surface area contributed by atoms with E-state index in [0.717, 1.165) is 0 Å². The Morgan fingerprint density at radius 1 is 1.15 bits per heavy atom. The van der Waals surface area contributed by atoms with Crippen LogP contribution in [0, 0.1) is 5.82 Å². The zero-order chi connectivity index (χ0) is 18.8. The summed E-state index contributed by atoms with van der Waals surface area (Å²) >= 11 is 5.88. The lowest BCUT2D eigenvalue weighted by atomic mass is 10.2. The predicted molar refractivity (Wildman–Crippen MR) is 100 cm³/mol. The topological polar surface area (TPSA) is 68.5 Å². The van der Waals surface area contributed by atoms with E-state index in [1.165, 1.54) is 16.8 Å². The summed E-state index contributed by atoms with van der Waals surface area (Å²) in [6.45, 7) is 1.02. The van der Waals surface area contributed by atoms with Crippen molar-refractivity contribution in [2.75, 3.05) is 18.5 Å². The second-order valence-electron chi connectivity index (χ2n) is 5.79. The smallest absolute Gasteiger partial charge is 0.256 e. The number of carbonyl (C=O) groups is 1. The Balaban J connectivity index is 1.74. The normalized spacial score (nSPS) is 13.2. The van der Waals surface area contributed by atoms with E-state index in [2.05, 4.69) is 15.4 Å². The van der Waals surface area contributed by atoms with E-state index in [9.17, 15) is 9.18 Å². The van der Waals surface area contributed by atoms with Crippen molar-refractivity contribution in [2.45, 2.75) is 0 Å². The first-order valence-corrected chi connectivity index (χ1v) is 8.58. The molecule has 1 aliphatic rings. The molecule has 4 rings (SSSR count). The second kappa shape index (κ2) is 7.20. The number of hydrogen-bond acceptors (Lipinski definition) is 4. The van der Waals surface area contributed by atoms with Crippen molar-refractivity contribution in [3.8, 4) is 5.69 Å². The van der Waals surface area contributed by atoms with E-state index in [1.54, 1.807) is 42.6 Å². The molecule has 1 aliphatic heterocycles. The fourth-order valence-corrected chi connectivity index (χ4v) is 2.81. The SMILES string of the molecule is O=C(Nc1c(C2=NCCO2)cnn1-c1ccc(F)cc1)c1ccc(Cl)cc1. The van der Waals surface area contributed by atoms with Gasteiger partial charge in [-0.15, -0.1) is 0 Å². The highest BCUT2D eigenvalue weighted by Crippen LogP contribution is 2.24. The molecule has 0 aliphatic carbocycles. The quantitative estimate of drug-likeness (QED) is 0.745. The Morgan fingerprint density at radius 2 is 1.89 bits per heavy atom. The number of amides is 1. The van der Waals surface area contributed by atoms with Crippen molar-refractivity contribution in [2.24, 2.45) is 4.99 Å². The number of hydrogen-bond donors (Lipinski definition) is 1. The maximum Gasteiger partial charge on any atom is 0.256 e. The number of aromatic nitrogens is 2. The van der Waals surface area contributed by atoms with Gasteiger partial charge in [0.15, 0.2) is 0 Å².